The molecule has 0 fully saturated rings. The lowest BCUT2D eigenvalue weighted by Gasteiger charge is -2.23. The Morgan fingerprint density at radius 2 is 1.11 bits per heavy atom. The van der Waals surface area contributed by atoms with E-state index in [2.05, 4.69) is 156 Å². The predicted molar refractivity (Wildman–Crippen MR) is 192 cm³/mol. The Kier molecular flexibility index (Phi) is 5.31. The Bertz CT molecular complexity index is 2660. The van der Waals surface area contributed by atoms with Crippen molar-refractivity contribution in [1.29, 1.82) is 0 Å². The van der Waals surface area contributed by atoms with Crippen molar-refractivity contribution >= 4 is 43.4 Å². The highest BCUT2D eigenvalue weighted by molar-refractivity contribution is 6.14. The molecule has 2 nitrogen and oxygen atoms in total. The van der Waals surface area contributed by atoms with Gasteiger partial charge in [-0.15, -0.1) is 0 Å². The second-order valence-electron chi connectivity index (χ2n) is 12.1. The van der Waals surface area contributed by atoms with Crippen LogP contribution in [0.1, 0.15) is 0 Å². The number of benzene rings is 8. The molecule has 9 aromatic rings. The standard InChI is InChI=1S/C44H27NO/c1-2-11-31(12-3-1)45-40-19-8-6-15-35(40)39-26-28-21-22-29(25-30(28)27-41(39)45)32-13-4-5-14-33(32)34-23-24-43-44-37(34)17-10-18-38(44)36-16-7-9-20-42(36)46-43/h1-27H. The third-order valence-corrected chi connectivity index (χ3v) is 9.57. The topological polar surface area (TPSA) is 14.2 Å². The number of para-hydroxylation sites is 3. The molecule has 0 saturated heterocycles. The summed E-state index contributed by atoms with van der Waals surface area (Å²) in [6.07, 6.45) is 0. The van der Waals surface area contributed by atoms with Gasteiger partial charge in [0.25, 0.3) is 0 Å². The molecule has 0 amide bonds. The van der Waals surface area contributed by atoms with Gasteiger partial charge in [0, 0.05) is 27.4 Å². The van der Waals surface area contributed by atoms with Gasteiger partial charge in [0.15, 0.2) is 0 Å². The number of nitrogens with zero attached hydrogens (tertiary/aromatic N) is 1. The minimum absolute atomic E-state index is 0.909. The summed E-state index contributed by atoms with van der Waals surface area (Å²) in [6, 6.07) is 59.0. The maximum Gasteiger partial charge on any atom is 0.135 e. The molecule has 214 valence electrons. The van der Waals surface area contributed by atoms with Gasteiger partial charge in [-0.1, -0.05) is 115 Å². The van der Waals surface area contributed by atoms with Crippen LogP contribution in [0.2, 0.25) is 0 Å². The molecular weight excluding hydrogens is 558 g/mol. The van der Waals surface area contributed by atoms with Gasteiger partial charge in [0.2, 0.25) is 0 Å². The molecule has 2 heterocycles. The van der Waals surface area contributed by atoms with Crippen LogP contribution >= 0.6 is 0 Å². The van der Waals surface area contributed by atoms with Crippen molar-refractivity contribution in [2.45, 2.75) is 0 Å². The highest BCUT2D eigenvalue weighted by atomic mass is 16.5. The zero-order valence-corrected chi connectivity index (χ0v) is 24.9. The molecule has 46 heavy (non-hydrogen) atoms. The lowest BCUT2D eigenvalue weighted by Crippen LogP contribution is -1.98. The summed E-state index contributed by atoms with van der Waals surface area (Å²) in [5.74, 6) is 1.82. The molecular formula is C44H27NO. The van der Waals surface area contributed by atoms with Crippen LogP contribution in [-0.2, 0) is 0 Å². The Morgan fingerprint density at radius 1 is 0.370 bits per heavy atom. The summed E-state index contributed by atoms with van der Waals surface area (Å²) in [4.78, 5) is 0. The summed E-state index contributed by atoms with van der Waals surface area (Å²) in [7, 11) is 0. The average molecular weight is 586 g/mol. The molecule has 1 aromatic heterocycles. The Balaban J connectivity index is 1.18. The van der Waals surface area contributed by atoms with E-state index < -0.39 is 0 Å². The zero-order chi connectivity index (χ0) is 30.2. The maximum atomic E-state index is 6.40. The van der Waals surface area contributed by atoms with E-state index in [9.17, 15) is 0 Å². The van der Waals surface area contributed by atoms with E-state index in [0.29, 0.717) is 0 Å². The molecule has 0 unspecified atom stereocenters. The molecule has 0 bridgehead atoms. The Labute approximate surface area is 266 Å². The second-order valence-corrected chi connectivity index (χ2v) is 12.1. The van der Waals surface area contributed by atoms with Crippen LogP contribution in [0.15, 0.2) is 164 Å². The van der Waals surface area contributed by atoms with E-state index >= 15 is 0 Å². The Hall–Kier alpha value is -6.12. The van der Waals surface area contributed by atoms with Crippen LogP contribution in [0.4, 0.5) is 0 Å². The summed E-state index contributed by atoms with van der Waals surface area (Å²) in [6.45, 7) is 0. The van der Waals surface area contributed by atoms with Crippen LogP contribution in [0.3, 0.4) is 0 Å². The van der Waals surface area contributed by atoms with Gasteiger partial charge in [0.1, 0.15) is 11.5 Å². The summed E-state index contributed by atoms with van der Waals surface area (Å²) in [5.41, 5.74) is 10.8. The first kappa shape index (κ1) is 25.2. The lowest BCUT2D eigenvalue weighted by molar-refractivity contribution is 0.487. The van der Waals surface area contributed by atoms with Crippen LogP contribution < -0.4 is 4.74 Å². The number of hydrogen-bond acceptors (Lipinski definition) is 1. The number of fused-ring (bicyclic) bond motifs is 6. The molecule has 8 aromatic carbocycles. The normalized spacial score (nSPS) is 12.1. The Morgan fingerprint density at radius 3 is 2.02 bits per heavy atom. The van der Waals surface area contributed by atoms with E-state index in [1.807, 2.05) is 12.1 Å². The third-order valence-electron chi connectivity index (χ3n) is 9.57. The molecule has 1 aliphatic heterocycles. The summed E-state index contributed by atoms with van der Waals surface area (Å²) in [5, 5.41) is 7.37. The fourth-order valence-corrected chi connectivity index (χ4v) is 7.52. The number of aromatic nitrogens is 1. The number of rotatable bonds is 3. The van der Waals surface area contributed by atoms with Crippen LogP contribution in [0.5, 0.6) is 11.5 Å². The summed E-state index contributed by atoms with van der Waals surface area (Å²) < 4.78 is 8.79. The first-order valence-corrected chi connectivity index (χ1v) is 15.8. The van der Waals surface area contributed by atoms with E-state index in [1.54, 1.807) is 0 Å². The maximum absolute atomic E-state index is 6.40. The first-order valence-electron chi connectivity index (χ1n) is 15.8. The van der Waals surface area contributed by atoms with Gasteiger partial charge < -0.3 is 9.30 Å². The predicted octanol–water partition coefficient (Wildman–Crippen LogP) is 12.2. The smallest absolute Gasteiger partial charge is 0.135 e. The van der Waals surface area contributed by atoms with Gasteiger partial charge in [-0.05, 0) is 92.5 Å². The largest absolute Gasteiger partial charge is 0.456 e. The van der Waals surface area contributed by atoms with Crippen LogP contribution in [-0.4, -0.2) is 4.57 Å². The fraction of sp³-hybridized carbons (Fsp3) is 0. The van der Waals surface area contributed by atoms with Crippen molar-refractivity contribution in [3.05, 3.63) is 164 Å². The first-order chi connectivity index (χ1) is 22.8. The van der Waals surface area contributed by atoms with Gasteiger partial charge in [-0.2, -0.15) is 0 Å². The quantitative estimate of drug-likeness (QED) is 0.201. The van der Waals surface area contributed by atoms with E-state index in [-0.39, 0.29) is 0 Å². The molecule has 0 N–H and O–H groups in total. The second kappa shape index (κ2) is 9.69. The molecule has 10 rings (SSSR count). The van der Waals surface area contributed by atoms with Crippen molar-refractivity contribution in [1.82, 2.24) is 4.57 Å². The average Bonchev–Trinajstić information content (AvgIpc) is 3.44. The van der Waals surface area contributed by atoms with Crippen molar-refractivity contribution in [2.75, 3.05) is 0 Å². The van der Waals surface area contributed by atoms with E-state index in [4.69, 9.17) is 4.74 Å². The molecule has 0 saturated carbocycles. The summed E-state index contributed by atoms with van der Waals surface area (Å²) >= 11 is 0. The van der Waals surface area contributed by atoms with Crippen LogP contribution in [0, 0.1) is 0 Å². The highest BCUT2D eigenvalue weighted by Crippen LogP contribution is 2.49. The van der Waals surface area contributed by atoms with E-state index in [0.717, 1.165) is 17.1 Å². The molecule has 1 aliphatic rings. The minimum Gasteiger partial charge on any atom is -0.456 e. The van der Waals surface area contributed by atoms with Crippen molar-refractivity contribution in [3.8, 4) is 50.6 Å². The molecule has 2 heteroatoms. The molecule has 0 spiro atoms. The van der Waals surface area contributed by atoms with Gasteiger partial charge in [-0.3, -0.25) is 0 Å². The molecule has 0 atom stereocenters. The monoisotopic (exact) mass is 585 g/mol. The highest BCUT2D eigenvalue weighted by Gasteiger charge is 2.22. The number of ether oxygens (including phenoxy) is 1. The lowest BCUT2D eigenvalue weighted by atomic mass is 9.87. The minimum atomic E-state index is 0.909. The van der Waals surface area contributed by atoms with Crippen molar-refractivity contribution in [3.63, 3.8) is 0 Å². The number of hydrogen-bond donors (Lipinski definition) is 0. The van der Waals surface area contributed by atoms with Crippen molar-refractivity contribution < 1.29 is 4.74 Å². The van der Waals surface area contributed by atoms with Gasteiger partial charge in [0.05, 0.1) is 11.0 Å². The zero-order valence-electron chi connectivity index (χ0n) is 24.9. The van der Waals surface area contributed by atoms with Gasteiger partial charge in [-0.25, -0.2) is 0 Å². The molecule has 0 radical (unpaired) electrons. The fourth-order valence-electron chi connectivity index (χ4n) is 7.52. The third kappa shape index (κ3) is 3.65. The van der Waals surface area contributed by atoms with Crippen molar-refractivity contribution in [2.24, 2.45) is 0 Å². The SMILES string of the molecule is c1ccc(-n2c3ccccc3c3cc4ccc(-c5ccccc5-c5ccc6c7c(cccc57)-c5ccccc5O6)cc4cc32)cc1. The van der Waals surface area contributed by atoms with Crippen LogP contribution in [0.25, 0.3) is 82.4 Å². The van der Waals surface area contributed by atoms with E-state index in [1.165, 1.54) is 76.9 Å². The van der Waals surface area contributed by atoms with Gasteiger partial charge >= 0.3 is 0 Å². The molecule has 0 aliphatic carbocycles.